The van der Waals surface area contributed by atoms with E-state index in [1.807, 2.05) is 56.0 Å². The van der Waals surface area contributed by atoms with Crippen molar-refractivity contribution >= 4 is 33.9 Å². The highest BCUT2D eigenvalue weighted by atomic mass is 32.1. The summed E-state index contributed by atoms with van der Waals surface area (Å²) in [5.74, 6) is 0. The van der Waals surface area contributed by atoms with Gasteiger partial charge in [-0.1, -0.05) is 12.1 Å². The van der Waals surface area contributed by atoms with Crippen LogP contribution >= 0.6 is 12.2 Å². The van der Waals surface area contributed by atoms with Crippen LogP contribution in [0.15, 0.2) is 41.2 Å². The molecule has 0 aliphatic heterocycles. The van der Waals surface area contributed by atoms with Crippen molar-refractivity contribution in [3.63, 3.8) is 0 Å². The molecule has 0 saturated heterocycles. The maximum absolute atomic E-state index is 12.6. The predicted molar refractivity (Wildman–Crippen MR) is 124 cm³/mol. The number of pyridine rings is 1. The first kappa shape index (κ1) is 21.0. The number of benzene rings is 2. The number of nitrogens with one attached hydrogen (secondary N) is 2. The number of nitrogens with zero attached hydrogens (tertiary/aromatic N) is 1. The normalized spacial score (nSPS) is 10.9. The molecule has 1 heterocycles. The van der Waals surface area contributed by atoms with Gasteiger partial charge in [-0.15, -0.1) is 0 Å². The van der Waals surface area contributed by atoms with E-state index in [1.54, 1.807) is 0 Å². The van der Waals surface area contributed by atoms with E-state index in [1.165, 1.54) is 11.1 Å². The van der Waals surface area contributed by atoms with Gasteiger partial charge < -0.3 is 20.3 Å². The molecular weight excluding hydrogens is 382 g/mol. The fourth-order valence-electron chi connectivity index (χ4n) is 3.30. The van der Waals surface area contributed by atoms with Crippen LogP contribution in [0.25, 0.3) is 10.9 Å². The number of aromatic amines is 1. The van der Waals surface area contributed by atoms with Gasteiger partial charge in [-0.05, 0) is 91.8 Å². The SMILES string of the molecule is Cc1cc2cc(CN(CCO)C(=S)Nc3cccc(C)c3C)c(=O)[nH]c2cc1C. The van der Waals surface area contributed by atoms with E-state index in [0.29, 0.717) is 23.8 Å². The molecule has 0 atom stereocenters. The molecule has 5 nitrogen and oxygen atoms in total. The zero-order chi connectivity index (χ0) is 21.1. The molecule has 152 valence electrons. The molecule has 29 heavy (non-hydrogen) atoms. The second-order valence-corrected chi connectivity index (χ2v) is 7.86. The number of aryl methyl sites for hydroxylation is 3. The smallest absolute Gasteiger partial charge is 0.253 e. The lowest BCUT2D eigenvalue weighted by molar-refractivity contribution is 0.248. The lowest BCUT2D eigenvalue weighted by Gasteiger charge is -2.26. The van der Waals surface area contributed by atoms with Gasteiger partial charge in [0, 0.05) is 23.3 Å². The van der Waals surface area contributed by atoms with E-state index in [9.17, 15) is 9.90 Å². The highest BCUT2D eigenvalue weighted by molar-refractivity contribution is 7.80. The average molecular weight is 410 g/mol. The maximum atomic E-state index is 12.6. The van der Waals surface area contributed by atoms with Gasteiger partial charge >= 0.3 is 0 Å². The average Bonchev–Trinajstić information content (AvgIpc) is 2.67. The summed E-state index contributed by atoms with van der Waals surface area (Å²) in [6.45, 7) is 8.76. The molecule has 3 N–H and O–H groups in total. The number of H-pyrrole nitrogens is 1. The third kappa shape index (κ3) is 4.66. The Bertz CT molecular complexity index is 1120. The van der Waals surface area contributed by atoms with Gasteiger partial charge in [-0.2, -0.15) is 0 Å². The number of aliphatic hydroxyl groups excluding tert-OH is 1. The summed E-state index contributed by atoms with van der Waals surface area (Å²) < 4.78 is 0. The zero-order valence-electron chi connectivity index (χ0n) is 17.3. The molecule has 2 aromatic carbocycles. The third-order valence-electron chi connectivity index (χ3n) is 5.40. The summed E-state index contributed by atoms with van der Waals surface area (Å²) in [6.07, 6.45) is 0. The molecular formula is C23H27N3O2S. The summed E-state index contributed by atoms with van der Waals surface area (Å²) >= 11 is 5.59. The molecule has 3 rings (SSSR count). The summed E-state index contributed by atoms with van der Waals surface area (Å²) in [5.41, 5.74) is 6.83. The van der Waals surface area contributed by atoms with Crippen LogP contribution in [-0.2, 0) is 6.54 Å². The Morgan fingerprint density at radius 3 is 2.55 bits per heavy atom. The fourth-order valence-corrected chi connectivity index (χ4v) is 3.56. The molecule has 6 heteroatoms. The number of fused-ring (bicyclic) bond motifs is 1. The molecule has 0 aliphatic rings. The molecule has 0 spiro atoms. The summed E-state index contributed by atoms with van der Waals surface area (Å²) in [6, 6.07) is 12.0. The number of rotatable bonds is 5. The lowest BCUT2D eigenvalue weighted by Crippen LogP contribution is -2.38. The van der Waals surface area contributed by atoms with Crippen molar-refractivity contribution in [2.24, 2.45) is 0 Å². The van der Waals surface area contributed by atoms with E-state index in [4.69, 9.17) is 12.2 Å². The van der Waals surface area contributed by atoms with Crippen LogP contribution in [0.1, 0.15) is 27.8 Å². The van der Waals surface area contributed by atoms with Crippen molar-refractivity contribution in [2.45, 2.75) is 34.2 Å². The number of aliphatic hydroxyl groups is 1. The maximum Gasteiger partial charge on any atom is 0.253 e. The molecule has 0 aliphatic carbocycles. The van der Waals surface area contributed by atoms with Gasteiger partial charge in [0.15, 0.2) is 5.11 Å². The van der Waals surface area contributed by atoms with Crippen LogP contribution in [-0.4, -0.2) is 33.3 Å². The molecule has 1 aromatic heterocycles. The van der Waals surface area contributed by atoms with Crippen LogP contribution < -0.4 is 10.9 Å². The Morgan fingerprint density at radius 2 is 1.83 bits per heavy atom. The number of hydrogen-bond donors (Lipinski definition) is 3. The minimum atomic E-state index is -0.141. The van der Waals surface area contributed by atoms with Crippen molar-refractivity contribution in [1.82, 2.24) is 9.88 Å². The molecule has 0 unspecified atom stereocenters. The van der Waals surface area contributed by atoms with Crippen LogP contribution in [0.5, 0.6) is 0 Å². The van der Waals surface area contributed by atoms with Gasteiger partial charge in [0.2, 0.25) is 0 Å². The Kier molecular flexibility index (Phi) is 6.35. The van der Waals surface area contributed by atoms with Crippen LogP contribution in [0.2, 0.25) is 0 Å². The quantitative estimate of drug-likeness (QED) is 0.557. The van der Waals surface area contributed by atoms with E-state index >= 15 is 0 Å². The fraction of sp³-hybridized carbons (Fsp3) is 0.304. The Labute approximate surface area is 176 Å². The van der Waals surface area contributed by atoms with Crippen molar-refractivity contribution in [3.05, 3.63) is 74.6 Å². The number of thiocarbonyl (C=S) groups is 1. The van der Waals surface area contributed by atoms with Crippen molar-refractivity contribution in [2.75, 3.05) is 18.5 Å². The molecule has 0 saturated carbocycles. The second-order valence-electron chi connectivity index (χ2n) is 7.47. The van der Waals surface area contributed by atoms with E-state index in [2.05, 4.69) is 23.3 Å². The lowest BCUT2D eigenvalue weighted by atomic mass is 10.0. The summed E-state index contributed by atoms with van der Waals surface area (Å²) in [4.78, 5) is 17.4. The highest BCUT2D eigenvalue weighted by Gasteiger charge is 2.14. The topological polar surface area (TPSA) is 68.4 Å². The Hall–Kier alpha value is -2.70. The number of anilines is 1. The Morgan fingerprint density at radius 1 is 1.10 bits per heavy atom. The van der Waals surface area contributed by atoms with Gasteiger partial charge in [0.25, 0.3) is 5.56 Å². The molecule has 0 bridgehead atoms. The van der Waals surface area contributed by atoms with E-state index in [0.717, 1.165) is 27.7 Å². The minimum Gasteiger partial charge on any atom is -0.395 e. The first-order valence-corrected chi connectivity index (χ1v) is 10.1. The standard InChI is InChI=1S/C23H27N3O2S/c1-14-6-5-7-20(17(14)4)25-23(29)26(8-9-27)13-19-12-18-10-15(2)16(3)11-21(18)24-22(19)28/h5-7,10-12,27H,8-9,13H2,1-4H3,(H,24,28)(H,25,29). The van der Waals surface area contributed by atoms with Gasteiger partial charge in [-0.3, -0.25) is 4.79 Å². The third-order valence-corrected chi connectivity index (χ3v) is 5.76. The zero-order valence-corrected chi connectivity index (χ0v) is 18.1. The van der Waals surface area contributed by atoms with Crippen molar-refractivity contribution < 1.29 is 5.11 Å². The first-order chi connectivity index (χ1) is 13.8. The summed E-state index contributed by atoms with van der Waals surface area (Å²) in [5, 5.41) is 14.2. The van der Waals surface area contributed by atoms with E-state index in [-0.39, 0.29) is 12.2 Å². The largest absolute Gasteiger partial charge is 0.395 e. The van der Waals surface area contributed by atoms with Gasteiger partial charge in [0.05, 0.1) is 13.2 Å². The molecule has 0 radical (unpaired) electrons. The molecule has 3 aromatic rings. The monoisotopic (exact) mass is 409 g/mol. The van der Waals surface area contributed by atoms with Gasteiger partial charge in [-0.25, -0.2) is 0 Å². The van der Waals surface area contributed by atoms with E-state index < -0.39 is 0 Å². The van der Waals surface area contributed by atoms with Crippen LogP contribution in [0, 0.1) is 27.7 Å². The second kappa shape index (κ2) is 8.76. The highest BCUT2D eigenvalue weighted by Crippen LogP contribution is 2.20. The predicted octanol–water partition coefficient (Wildman–Crippen LogP) is 3.95. The van der Waals surface area contributed by atoms with Crippen molar-refractivity contribution in [3.8, 4) is 0 Å². The van der Waals surface area contributed by atoms with Crippen molar-refractivity contribution in [1.29, 1.82) is 0 Å². The van der Waals surface area contributed by atoms with Crippen LogP contribution in [0.4, 0.5) is 5.69 Å². The minimum absolute atomic E-state index is 0.0571. The van der Waals surface area contributed by atoms with Gasteiger partial charge in [0.1, 0.15) is 0 Å². The van der Waals surface area contributed by atoms with Crippen LogP contribution in [0.3, 0.4) is 0 Å². The Balaban J connectivity index is 1.89. The molecule has 0 fully saturated rings. The number of aromatic nitrogens is 1. The first-order valence-electron chi connectivity index (χ1n) is 9.66. The molecule has 0 amide bonds. The summed E-state index contributed by atoms with van der Waals surface area (Å²) in [7, 11) is 0. The number of hydrogen-bond acceptors (Lipinski definition) is 3.